The van der Waals surface area contributed by atoms with Gasteiger partial charge >= 0.3 is 12.1 Å². The Balaban J connectivity index is 0.000000318. The average Bonchev–Trinajstić information content (AvgIpc) is 3.31. The van der Waals surface area contributed by atoms with E-state index in [9.17, 15) is 13.2 Å². The number of hydrogen-bond donors (Lipinski definition) is 3. The molecular weight excluding hydrogens is 423 g/mol. The van der Waals surface area contributed by atoms with Crippen molar-refractivity contribution in [2.24, 2.45) is 0 Å². The lowest BCUT2D eigenvalue weighted by atomic mass is 10.2. The monoisotopic (exact) mass is 443 g/mol. The minimum Gasteiger partial charge on any atom is -0.497 e. The number of fused-ring (bicyclic) bond motifs is 3. The van der Waals surface area contributed by atoms with E-state index in [0.29, 0.717) is 12.0 Å². The van der Waals surface area contributed by atoms with E-state index in [1.807, 2.05) is 25.2 Å². The fourth-order valence-electron chi connectivity index (χ4n) is 3.15. The summed E-state index contributed by atoms with van der Waals surface area (Å²) in [5, 5.41) is 11.6. The molecular formula is C18H20F3N5O3S. The van der Waals surface area contributed by atoms with Crippen molar-refractivity contribution in [1.29, 1.82) is 0 Å². The summed E-state index contributed by atoms with van der Waals surface area (Å²) in [4.78, 5) is 20.2. The number of nitrogen functional groups attached to an aromatic ring is 1. The third-order valence-electron chi connectivity index (χ3n) is 4.66. The van der Waals surface area contributed by atoms with Gasteiger partial charge in [0.1, 0.15) is 5.75 Å². The highest BCUT2D eigenvalue weighted by molar-refractivity contribution is 7.26. The highest BCUT2D eigenvalue weighted by Gasteiger charge is 2.38. The van der Waals surface area contributed by atoms with Crippen molar-refractivity contribution in [3.8, 4) is 5.75 Å². The van der Waals surface area contributed by atoms with Crippen molar-refractivity contribution in [3.05, 3.63) is 18.2 Å². The minimum atomic E-state index is -5.08. The van der Waals surface area contributed by atoms with Gasteiger partial charge in [-0.15, -0.1) is 11.3 Å². The Morgan fingerprint density at radius 3 is 2.67 bits per heavy atom. The van der Waals surface area contributed by atoms with Crippen LogP contribution in [0.1, 0.15) is 6.42 Å². The van der Waals surface area contributed by atoms with Gasteiger partial charge in [0.15, 0.2) is 5.82 Å². The van der Waals surface area contributed by atoms with Crippen molar-refractivity contribution < 1.29 is 27.8 Å². The van der Waals surface area contributed by atoms with Gasteiger partial charge in [0, 0.05) is 29.2 Å². The number of benzene rings is 1. The average molecular weight is 443 g/mol. The summed E-state index contributed by atoms with van der Waals surface area (Å²) in [6.45, 7) is 1.92. The zero-order valence-electron chi connectivity index (χ0n) is 16.2. The van der Waals surface area contributed by atoms with E-state index in [4.69, 9.17) is 20.4 Å². The molecule has 0 unspecified atom stereocenters. The molecule has 3 aromatic rings. The second-order valence-electron chi connectivity index (χ2n) is 6.57. The maximum atomic E-state index is 10.6. The van der Waals surface area contributed by atoms with E-state index in [0.717, 1.165) is 51.4 Å². The van der Waals surface area contributed by atoms with Crippen molar-refractivity contribution in [1.82, 2.24) is 15.3 Å². The molecule has 0 saturated carbocycles. The Bertz CT molecular complexity index is 1070. The van der Waals surface area contributed by atoms with Crippen LogP contribution in [0.3, 0.4) is 0 Å². The van der Waals surface area contributed by atoms with Crippen LogP contribution in [0.5, 0.6) is 5.75 Å². The number of anilines is 2. The van der Waals surface area contributed by atoms with Crippen LogP contribution in [0.25, 0.3) is 20.3 Å². The highest BCUT2D eigenvalue weighted by Crippen LogP contribution is 2.40. The van der Waals surface area contributed by atoms with Crippen molar-refractivity contribution in [2.75, 3.05) is 37.9 Å². The number of ether oxygens (including phenoxy) is 1. The molecule has 4 rings (SSSR count). The Labute approximate surface area is 173 Å². The SMILES string of the molecule is CN[C@H]1CCN(c2nc(N)nc3c2sc2cc(OC)ccc23)C1.O=C(O)C(F)(F)F. The van der Waals surface area contributed by atoms with Gasteiger partial charge in [0.2, 0.25) is 5.95 Å². The van der Waals surface area contributed by atoms with Gasteiger partial charge in [-0.2, -0.15) is 18.2 Å². The van der Waals surface area contributed by atoms with Crippen LogP contribution in [0.2, 0.25) is 0 Å². The molecule has 1 aliphatic heterocycles. The van der Waals surface area contributed by atoms with Crippen molar-refractivity contribution in [3.63, 3.8) is 0 Å². The number of methoxy groups -OCH3 is 1. The molecule has 0 radical (unpaired) electrons. The van der Waals surface area contributed by atoms with E-state index in [1.54, 1.807) is 18.4 Å². The summed E-state index contributed by atoms with van der Waals surface area (Å²) in [5.74, 6) is -0.628. The van der Waals surface area contributed by atoms with E-state index in [1.165, 1.54) is 0 Å². The third-order valence-corrected chi connectivity index (χ3v) is 5.80. The third kappa shape index (κ3) is 4.49. The summed E-state index contributed by atoms with van der Waals surface area (Å²) >= 11 is 1.70. The van der Waals surface area contributed by atoms with Gasteiger partial charge < -0.3 is 25.8 Å². The molecule has 0 amide bonds. The lowest BCUT2D eigenvalue weighted by Crippen LogP contribution is -2.30. The molecule has 162 valence electrons. The van der Waals surface area contributed by atoms with E-state index >= 15 is 0 Å². The zero-order chi connectivity index (χ0) is 22.1. The number of rotatable bonds is 3. The quantitative estimate of drug-likeness (QED) is 0.566. The molecule has 12 heteroatoms. The molecule has 1 aromatic carbocycles. The molecule has 2 aromatic heterocycles. The number of thiophene rings is 1. The molecule has 1 saturated heterocycles. The molecule has 0 spiro atoms. The number of nitrogens with zero attached hydrogens (tertiary/aromatic N) is 3. The molecule has 30 heavy (non-hydrogen) atoms. The topological polar surface area (TPSA) is 114 Å². The van der Waals surface area contributed by atoms with E-state index in [2.05, 4.69) is 20.2 Å². The normalized spacial score (nSPS) is 16.6. The second kappa shape index (κ2) is 8.48. The van der Waals surface area contributed by atoms with Crippen LogP contribution in [0, 0.1) is 0 Å². The van der Waals surface area contributed by atoms with Crippen molar-refractivity contribution in [2.45, 2.75) is 18.6 Å². The number of carboxylic acid groups (broad SMARTS) is 1. The number of likely N-dealkylation sites (N-methyl/N-ethyl adjacent to an activating group) is 1. The second-order valence-corrected chi connectivity index (χ2v) is 7.62. The summed E-state index contributed by atoms with van der Waals surface area (Å²) in [5.41, 5.74) is 6.91. The fourth-order valence-corrected chi connectivity index (χ4v) is 4.34. The fraction of sp³-hybridized carbons (Fsp3) is 0.389. The van der Waals surface area contributed by atoms with Crippen LogP contribution in [0.15, 0.2) is 18.2 Å². The molecule has 8 nitrogen and oxygen atoms in total. The van der Waals surface area contributed by atoms with E-state index in [-0.39, 0.29) is 0 Å². The molecule has 3 heterocycles. The Hall–Kier alpha value is -2.86. The smallest absolute Gasteiger partial charge is 0.490 e. The zero-order valence-corrected chi connectivity index (χ0v) is 17.0. The summed E-state index contributed by atoms with van der Waals surface area (Å²) in [6.07, 6.45) is -3.97. The maximum Gasteiger partial charge on any atom is 0.490 e. The van der Waals surface area contributed by atoms with Crippen LogP contribution >= 0.6 is 11.3 Å². The van der Waals surface area contributed by atoms with Crippen LogP contribution in [-0.2, 0) is 4.79 Å². The number of aromatic nitrogens is 2. The number of nitrogens with two attached hydrogens (primary N) is 1. The summed E-state index contributed by atoms with van der Waals surface area (Å²) in [7, 11) is 3.68. The maximum absolute atomic E-state index is 10.6. The minimum absolute atomic E-state index is 0.330. The predicted molar refractivity (Wildman–Crippen MR) is 109 cm³/mol. The number of aliphatic carboxylic acids is 1. The lowest BCUT2D eigenvalue weighted by Gasteiger charge is -2.18. The summed E-state index contributed by atoms with van der Waals surface area (Å²) < 4.78 is 39.3. The Morgan fingerprint density at radius 1 is 1.40 bits per heavy atom. The predicted octanol–water partition coefficient (Wildman–Crippen LogP) is 2.87. The first-order valence-corrected chi connectivity index (χ1v) is 9.71. The Morgan fingerprint density at radius 2 is 2.10 bits per heavy atom. The first kappa shape index (κ1) is 21.8. The van der Waals surface area contributed by atoms with Gasteiger partial charge in [-0.1, -0.05) is 0 Å². The number of carboxylic acids is 1. The number of alkyl halides is 3. The first-order valence-electron chi connectivity index (χ1n) is 8.90. The lowest BCUT2D eigenvalue weighted by molar-refractivity contribution is -0.192. The highest BCUT2D eigenvalue weighted by atomic mass is 32.1. The van der Waals surface area contributed by atoms with Crippen molar-refractivity contribution >= 4 is 49.4 Å². The molecule has 1 fully saturated rings. The standard InChI is InChI=1S/C16H19N5OS.C2HF3O2/c1-18-9-5-6-21(8-9)15-14-13(19-16(17)20-15)11-4-3-10(22-2)7-12(11)23-14;3-2(4,5)1(6)7/h3-4,7,9,18H,5-6,8H2,1-2H3,(H2,17,19,20);(H,6,7)/t9-;/m0./s1. The van der Waals surface area contributed by atoms with Gasteiger partial charge in [-0.3, -0.25) is 0 Å². The van der Waals surface area contributed by atoms with Gasteiger partial charge in [0.25, 0.3) is 0 Å². The largest absolute Gasteiger partial charge is 0.497 e. The van der Waals surface area contributed by atoms with E-state index < -0.39 is 12.1 Å². The molecule has 0 bridgehead atoms. The van der Waals surface area contributed by atoms with Crippen LogP contribution in [0.4, 0.5) is 24.9 Å². The first-order chi connectivity index (χ1) is 14.1. The van der Waals surface area contributed by atoms with Gasteiger partial charge in [-0.05, 0) is 31.7 Å². The van der Waals surface area contributed by atoms with Gasteiger partial charge in [-0.25, -0.2) is 9.78 Å². The number of nitrogens with one attached hydrogen (secondary N) is 1. The number of carbonyl (C=O) groups is 1. The molecule has 1 aliphatic rings. The molecule has 0 aliphatic carbocycles. The van der Waals surface area contributed by atoms with Crippen LogP contribution in [-0.4, -0.2) is 60.5 Å². The summed E-state index contributed by atoms with van der Waals surface area (Å²) in [6, 6.07) is 6.54. The number of halogens is 3. The number of hydrogen-bond acceptors (Lipinski definition) is 8. The molecule has 1 atom stereocenters. The van der Waals surface area contributed by atoms with Crippen LogP contribution < -0.4 is 20.7 Å². The van der Waals surface area contributed by atoms with Gasteiger partial charge in [0.05, 0.1) is 17.3 Å². The molecule has 4 N–H and O–H groups in total. The Kier molecular flexibility index (Phi) is 6.17.